The van der Waals surface area contributed by atoms with E-state index in [1.54, 1.807) is 0 Å². The summed E-state index contributed by atoms with van der Waals surface area (Å²) in [6.07, 6.45) is 2.27. The Hall–Kier alpha value is -1.52. The number of hydrogen-bond donors (Lipinski definition) is 3. The van der Waals surface area contributed by atoms with E-state index in [0.29, 0.717) is 12.0 Å². The number of nitrogen functional groups attached to an aromatic ring is 1. The average molecular weight is 221 g/mol. The molecule has 1 aliphatic rings. The minimum atomic E-state index is 0.317. The minimum absolute atomic E-state index is 0.317. The lowest BCUT2D eigenvalue weighted by molar-refractivity contribution is 0.921. The summed E-state index contributed by atoms with van der Waals surface area (Å²) in [4.78, 5) is 8.31. The number of rotatable bonds is 5. The van der Waals surface area contributed by atoms with Crippen LogP contribution in [0.4, 0.5) is 17.6 Å². The molecular formula is C11H19N5. The maximum atomic E-state index is 5.66. The van der Waals surface area contributed by atoms with Crippen LogP contribution in [0.5, 0.6) is 0 Å². The molecule has 0 amide bonds. The first-order chi connectivity index (χ1) is 7.69. The number of hydrogen-bond acceptors (Lipinski definition) is 5. The fraction of sp³-hybridized carbons (Fsp3) is 0.636. The van der Waals surface area contributed by atoms with Gasteiger partial charge in [0.05, 0.1) is 0 Å². The van der Waals surface area contributed by atoms with E-state index in [-0.39, 0.29) is 0 Å². The molecule has 1 aromatic heterocycles. The molecule has 1 saturated carbocycles. The molecule has 2 atom stereocenters. The predicted molar refractivity (Wildman–Crippen MR) is 66.4 cm³/mol. The van der Waals surface area contributed by atoms with Gasteiger partial charge in [0.2, 0.25) is 5.95 Å². The topological polar surface area (TPSA) is 75.9 Å². The Bertz CT molecular complexity index is 365. The van der Waals surface area contributed by atoms with Gasteiger partial charge >= 0.3 is 0 Å². The van der Waals surface area contributed by atoms with Crippen molar-refractivity contribution in [3.05, 3.63) is 6.07 Å². The fourth-order valence-corrected chi connectivity index (χ4v) is 1.60. The van der Waals surface area contributed by atoms with Gasteiger partial charge in [-0.25, -0.2) is 0 Å². The molecule has 1 fully saturated rings. The highest BCUT2D eigenvalue weighted by molar-refractivity contribution is 5.52. The Morgan fingerprint density at radius 1 is 1.44 bits per heavy atom. The van der Waals surface area contributed by atoms with E-state index >= 15 is 0 Å². The lowest BCUT2D eigenvalue weighted by atomic mass is 10.4. The number of aromatic nitrogens is 2. The number of nitrogens with one attached hydrogen (secondary N) is 2. The van der Waals surface area contributed by atoms with Crippen molar-refractivity contribution in [1.29, 1.82) is 0 Å². The van der Waals surface area contributed by atoms with Gasteiger partial charge in [-0.1, -0.05) is 13.8 Å². The third kappa shape index (κ3) is 2.74. The lowest BCUT2D eigenvalue weighted by Gasteiger charge is -2.08. The molecule has 5 nitrogen and oxygen atoms in total. The van der Waals surface area contributed by atoms with E-state index in [9.17, 15) is 0 Å². The molecule has 2 unspecified atom stereocenters. The zero-order chi connectivity index (χ0) is 11.5. The number of nitrogens with zero attached hydrogens (tertiary/aromatic N) is 2. The summed E-state index contributed by atoms with van der Waals surface area (Å²) in [7, 11) is 0. The van der Waals surface area contributed by atoms with E-state index in [1.165, 1.54) is 6.42 Å². The summed E-state index contributed by atoms with van der Waals surface area (Å²) in [6.45, 7) is 5.23. The maximum absolute atomic E-state index is 5.66. The summed E-state index contributed by atoms with van der Waals surface area (Å²) in [5.41, 5.74) is 5.66. The summed E-state index contributed by atoms with van der Waals surface area (Å²) >= 11 is 0. The molecule has 0 radical (unpaired) electrons. The van der Waals surface area contributed by atoms with Crippen LogP contribution in [-0.4, -0.2) is 22.6 Å². The van der Waals surface area contributed by atoms with Crippen LogP contribution in [0.15, 0.2) is 6.07 Å². The Kier molecular flexibility index (Phi) is 3.12. The molecule has 2 rings (SSSR count). The number of nitrogens with two attached hydrogens (primary N) is 1. The highest BCUT2D eigenvalue weighted by Crippen LogP contribution is 2.32. The highest BCUT2D eigenvalue weighted by Gasteiger charge is 2.32. The van der Waals surface area contributed by atoms with Crippen LogP contribution in [0.1, 0.15) is 26.7 Å². The van der Waals surface area contributed by atoms with Crippen LogP contribution in [0.25, 0.3) is 0 Å². The predicted octanol–water partition coefficient (Wildman–Crippen LogP) is 1.70. The third-order valence-electron chi connectivity index (χ3n) is 2.74. The standard InChI is InChI=1S/C11H19N5/c1-3-4-13-9-6-10(16-11(12)15-9)14-8-5-7(8)2/h6-8H,3-5H2,1-2H3,(H4,12,13,14,15,16). The second kappa shape index (κ2) is 4.55. The van der Waals surface area contributed by atoms with Gasteiger partial charge in [-0.3, -0.25) is 0 Å². The van der Waals surface area contributed by atoms with Gasteiger partial charge in [-0.2, -0.15) is 9.97 Å². The normalized spacial score (nSPS) is 22.9. The molecule has 0 spiro atoms. The lowest BCUT2D eigenvalue weighted by Crippen LogP contribution is -2.10. The molecule has 5 heteroatoms. The second-order valence-corrected chi connectivity index (χ2v) is 4.39. The van der Waals surface area contributed by atoms with Gasteiger partial charge < -0.3 is 16.4 Å². The Morgan fingerprint density at radius 3 is 2.75 bits per heavy atom. The molecule has 0 bridgehead atoms. The number of anilines is 3. The van der Waals surface area contributed by atoms with Crippen LogP contribution in [0.3, 0.4) is 0 Å². The molecule has 0 aromatic carbocycles. The quantitative estimate of drug-likeness (QED) is 0.705. The molecule has 0 aliphatic heterocycles. The summed E-state index contributed by atoms with van der Waals surface area (Å²) < 4.78 is 0. The molecule has 1 heterocycles. The van der Waals surface area contributed by atoms with Crippen LogP contribution in [0, 0.1) is 5.92 Å². The first kappa shape index (κ1) is 11.0. The van der Waals surface area contributed by atoms with Gasteiger partial charge in [-0.05, 0) is 18.8 Å². The van der Waals surface area contributed by atoms with E-state index in [1.807, 2.05) is 6.07 Å². The van der Waals surface area contributed by atoms with E-state index in [0.717, 1.165) is 30.5 Å². The van der Waals surface area contributed by atoms with Crippen LogP contribution < -0.4 is 16.4 Å². The first-order valence-corrected chi connectivity index (χ1v) is 5.84. The van der Waals surface area contributed by atoms with Crippen molar-refractivity contribution in [2.75, 3.05) is 22.9 Å². The Labute approximate surface area is 95.9 Å². The van der Waals surface area contributed by atoms with E-state index in [4.69, 9.17) is 5.73 Å². The molecular weight excluding hydrogens is 202 g/mol. The molecule has 1 aromatic rings. The largest absolute Gasteiger partial charge is 0.370 e. The maximum Gasteiger partial charge on any atom is 0.223 e. The van der Waals surface area contributed by atoms with Crippen molar-refractivity contribution in [2.45, 2.75) is 32.7 Å². The smallest absolute Gasteiger partial charge is 0.223 e. The monoisotopic (exact) mass is 221 g/mol. The van der Waals surface area contributed by atoms with Crippen molar-refractivity contribution >= 4 is 17.6 Å². The second-order valence-electron chi connectivity index (χ2n) is 4.39. The minimum Gasteiger partial charge on any atom is -0.370 e. The van der Waals surface area contributed by atoms with Crippen LogP contribution >= 0.6 is 0 Å². The Morgan fingerprint density at radius 2 is 2.12 bits per heavy atom. The molecule has 88 valence electrons. The van der Waals surface area contributed by atoms with Gasteiger partial charge in [0.15, 0.2) is 0 Å². The fourth-order valence-electron chi connectivity index (χ4n) is 1.60. The van der Waals surface area contributed by atoms with Crippen molar-refractivity contribution in [3.8, 4) is 0 Å². The first-order valence-electron chi connectivity index (χ1n) is 5.84. The summed E-state index contributed by atoms with van der Waals surface area (Å²) in [6, 6.07) is 2.46. The van der Waals surface area contributed by atoms with Crippen molar-refractivity contribution in [1.82, 2.24) is 9.97 Å². The SMILES string of the molecule is CCCNc1cc(NC2CC2C)nc(N)n1. The van der Waals surface area contributed by atoms with E-state index < -0.39 is 0 Å². The highest BCUT2D eigenvalue weighted by atomic mass is 15.1. The van der Waals surface area contributed by atoms with Gasteiger partial charge in [0, 0.05) is 18.7 Å². The Balaban J connectivity index is 2.03. The van der Waals surface area contributed by atoms with Gasteiger partial charge in [0.1, 0.15) is 11.6 Å². The molecule has 4 N–H and O–H groups in total. The molecule has 1 aliphatic carbocycles. The molecule has 0 saturated heterocycles. The van der Waals surface area contributed by atoms with Crippen molar-refractivity contribution < 1.29 is 0 Å². The van der Waals surface area contributed by atoms with E-state index in [2.05, 4.69) is 34.4 Å². The van der Waals surface area contributed by atoms with Crippen LogP contribution in [-0.2, 0) is 0 Å². The summed E-state index contributed by atoms with van der Waals surface area (Å²) in [5.74, 6) is 2.67. The average Bonchev–Trinajstić information content (AvgIpc) is 2.90. The summed E-state index contributed by atoms with van der Waals surface area (Å²) in [5, 5.41) is 6.56. The zero-order valence-electron chi connectivity index (χ0n) is 9.83. The zero-order valence-corrected chi connectivity index (χ0v) is 9.83. The molecule has 16 heavy (non-hydrogen) atoms. The van der Waals surface area contributed by atoms with Crippen molar-refractivity contribution in [2.24, 2.45) is 5.92 Å². The van der Waals surface area contributed by atoms with Crippen LogP contribution in [0.2, 0.25) is 0 Å². The van der Waals surface area contributed by atoms with Gasteiger partial charge in [-0.15, -0.1) is 0 Å². The van der Waals surface area contributed by atoms with Gasteiger partial charge in [0.25, 0.3) is 0 Å². The third-order valence-corrected chi connectivity index (χ3v) is 2.74. The van der Waals surface area contributed by atoms with Crippen molar-refractivity contribution in [3.63, 3.8) is 0 Å².